The van der Waals surface area contributed by atoms with Crippen molar-refractivity contribution in [2.45, 2.75) is 19.8 Å². The third-order valence-corrected chi connectivity index (χ3v) is 4.66. The molecular formula is C18H17BrClNO3. The zero-order chi connectivity index (χ0) is 17.7. The van der Waals surface area contributed by atoms with Crippen LogP contribution in [-0.4, -0.2) is 17.0 Å². The number of carboxylic acids is 1. The summed E-state index contributed by atoms with van der Waals surface area (Å²) in [4.78, 5) is 23.7. The number of hydrogen-bond donors (Lipinski definition) is 2. The fraction of sp³-hybridized carbons (Fsp3) is 0.222. The average Bonchev–Trinajstić information content (AvgIpc) is 2.53. The summed E-state index contributed by atoms with van der Waals surface area (Å²) in [5.41, 5.74) is 2.23. The van der Waals surface area contributed by atoms with Gasteiger partial charge in [0.25, 0.3) is 0 Å². The maximum absolute atomic E-state index is 12.2. The van der Waals surface area contributed by atoms with E-state index in [9.17, 15) is 14.7 Å². The number of nitrogens with one attached hydrogen (secondary N) is 1. The Morgan fingerprint density at radius 1 is 1.21 bits per heavy atom. The van der Waals surface area contributed by atoms with E-state index in [0.717, 1.165) is 15.6 Å². The first-order valence-electron chi connectivity index (χ1n) is 7.39. The van der Waals surface area contributed by atoms with Crippen molar-refractivity contribution in [1.29, 1.82) is 0 Å². The lowest BCUT2D eigenvalue weighted by Gasteiger charge is -2.14. The number of aliphatic carboxylic acids is 1. The topological polar surface area (TPSA) is 66.4 Å². The molecule has 0 spiro atoms. The summed E-state index contributed by atoms with van der Waals surface area (Å²) in [5, 5.41) is 12.7. The van der Waals surface area contributed by atoms with E-state index in [4.69, 9.17) is 11.6 Å². The largest absolute Gasteiger partial charge is 0.481 e. The molecule has 4 nitrogen and oxygen atoms in total. The summed E-state index contributed by atoms with van der Waals surface area (Å²) in [6, 6.07) is 12.6. The highest BCUT2D eigenvalue weighted by Gasteiger charge is 2.22. The molecule has 126 valence electrons. The van der Waals surface area contributed by atoms with Crippen molar-refractivity contribution in [2.75, 3.05) is 5.32 Å². The first-order valence-corrected chi connectivity index (χ1v) is 8.56. The van der Waals surface area contributed by atoms with E-state index in [1.807, 2.05) is 24.3 Å². The molecule has 2 rings (SSSR count). The number of anilines is 1. The van der Waals surface area contributed by atoms with E-state index >= 15 is 0 Å². The van der Waals surface area contributed by atoms with Crippen molar-refractivity contribution in [3.63, 3.8) is 0 Å². The SMILES string of the molecule is Cc1c(Cl)cccc1NC(=O)C[C@@H](Cc1ccc(Br)cc1)C(=O)O. The number of carboxylic acid groups (broad SMARTS) is 1. The van der Waals surface area contributed by atoms with Crippen LogP contribution in [0.15, 0.2) is 46.9 Å². The van der Waals surface area contributed by atoms with E-state index < -0.39 is 11.9 Å². The highest BCUT2D eigenvalue weighted by Crippen LogP contribution is 2.24. The normalized spacial score (nSPS) is 11.8. The molecule has 6 heteroatoms. The van der Waals surface area contributed by atoms with E-state index in [1.54, 1.807) is 25.1 Å². The standard InChI is InChI=1S/C18H17BrClNO3/c1-11-15(20)3-2-4-16(11)21-17(22)10-13(18(23)24)9-12-5-7-14(19)8-6-12/h2-8,13H,9-10H2,1H3,(H,21,22)(H,23,24)/t13-/m1/s1. The Morgan fingerprint density at radius 2 is 1.88 bits per heavy atom. The second-order valence-electron chi connectivity index (χ2n) is 5.53. The van der Waals surface area contributed by atoms with Crippen LogP contribution in [0.1, 0.15) is 17.5 Å². The van der Waals surface area contributed by atoms with E-state index in [1.165, 1.54) is 0 Å². The Morgan fingerprint density at radius 3 is 2.50 bits per heavy atom. The van der Waals surface area contributed by atoms with Crippen LogP contribution in [0.4, 0.5) is 5.69 Å². The second-order valence-corrected chi connectivity index (χ2v) is 6.85. The molecule has 24 heavy (non-hydrogen) atoms. The predicted molar refractivity (Wildman–Crippen MR) is 98.4 cm³/mol. The molecule has 0 aliphatic heterocycles. The Labute approximate surface area is 154 Å². The number of halogens is 2. The first kappa shape index (κ1) is 18.5. The number of rotatable bonds is 6. The maximum atomic E-state index is 12.2. The number of carbonyl (C=O) groups is 2. The maximum Gasteiger partial charge on any atom is 0.307 e. The van der Waals surface area contributed by atoms with Gasteiger partial charge in [-0.3, -0.25) is 9.59 Å². The molecule has 0 radical (unpaired) electrons. The van der Waals surface area contributed by atoms with Crippen LogP contribution in [0, 0.1) is 12.8 Å². The third kappa shape index (κ3) is 5.08. The molecular weight excluding hydrogens is 394 g/mol. The van der Waals surface area contributed by atoms with Gasteiger partial charge in [-0.25, -0.2) is 0 Å². The van der Waals surface area contributed by atoms with Crippen molar-refractivity contribution < 1.29 is 14.7 Å². The number of carbonyl (C=O) groups excluding carboxylic acids is 1. The van der Waals surface area contributed by atoms with E-state index in [0.29, 0.717) is 17.1 Å². The highest BCUT2D eigenvalue weighted by molar-refractivity contribution is 9.10. The van der Waals surface area contributed by atoms with Gasteiger partial charge in [0.2, 0.25) is 5.91 Å². The fourth-order valence-corrected chi connectivity index (χ4v) is 2.76. The third-order valence-electron chi connectivity index (χ3n) is 3.72. The lowest BCUT2D eigenvalue weighted by Crippen LogP contribution is -2.24. The highest BCUT2D eigenvalue weighted by atomic mass is 79.9. The summed E-state index contributed by atoms with van der Waals surface area (Å²) in [7, 11) is 0. The number of hydrogen-bond acceptors (Lipinski definition) is 2. The van der Waals surface area contributed by atoms with Crippen LogP contribution in [0.25, 0.3) is 0 Å². The van der Waals surface area contributed by atoms with Gasteiger partial charge in [0.15, 0.2) is 0 Å². The minimum absolute atomic E-state index is 0.0999. The summed E-state index contributed by atoms with van der Waals surface area (Å²) in [6.07, 6.45) is 0.196. The Balaban J connectivity index is 2.04. The Bertz CT molecular complexity index is 746. The molecule has 2 N–H and O–H groups in total. The van der Waals surface area contributed by atoms with Crippen molar-refractivity contribution >= 4 is 45.1 Å². The van der Waals surface area contributed by atoms with Gasteiger partial charge in [0, 0.05) is 21.6 Å². The molecule has 2 aromatic carbocycles. The smallest absolute Gasteiger partial charge is 0.307 e. The van der Waals surface area contributed by atoms with Gasteiger partial charge >= 0.3 is 5.97 Å². The lowest BCUT2D eigenvalue weighted by molar-refractivity contribution is -0.143. The van der Waals surface area contributed by atoms with Crippen LogP contribution in [-0.2, 0) is 16.0 Å². The molecule has 0 saturated heterocycles. The quantitative estimate of drug-likeness (QED) is 0.726. The summed E-state index contributed by atoms with van der Waals surface area (Å²) in [5.74, 6) is -2.12. The van der Waals surface area contributed by atoms with Gasteiger partial charge in [-0.15, -0.1) is 0 Å². The predicted octanol–water partition coefficient (Wildman–Crippen LogP) is 4.68. The van der Waals surface area contributed by atoms with Crippen molar-refractivity contribution in [2.24, 2.45) is 5.92 Å². The van der Waals surface area contributed by atoms with E-state index in [-0.39, 0.29) is 12.3 Å². The first-order chi connectivity index (χ1) is 11.4. The number of benzene rings is 2. The van der Waals surface area contributed by atoms with Crippen LogP contribution < -0.4 is 5.32 Å². The molecule has 0 heterocycles. The Hall–Kier alpha value is -1.85. The molecule has 0 aliphatic carbocycles. The summed E-state index contributed by atoms with van der Waals surface area (Å²) >= 11 is 9.36. The van der Waals surface area contributed by atoms with Crippen LogP contribution in [0.2, 0.25) is 5.02 Å². The minimum Gasteiger partial charge on any atom is -0.481 e. The summed E-state index contributed by atoms with van der Waals surface area (Å²) < 4.78 is 0.923. The van der Waals surface area contributed by atoms with Gasteiger partial charge in [-0.05, 0) is 48.7 Å². The molecule has 0 saturated carbocycles. The van der Waals surface area contributed by atoms with Gasteiger partial charge in [-0.1, -0.05) is 45.7 Å². The van der Waals surface area contributed by atoms with Crippen molar-refractivity contribution in [3.8, 4) is 0 Å². The van der Waals surface area contributed by atoms with Gasteiger partial charge in [0.05, 0.1) is 5.92 Å². The van der Waals surface area contributed by atoms with Crippen molar-refractivity contribution in [3.05, 3.63) is 63.1 Å². The molecule has 2 aromatic rings. The summed E-state index contributed by atoms with van der Waals surface area (Å²) in [6.45, 7) is 1.80. The molecule has 0 aliphatic rings. The zero-order valence-electron chi connectivity index (χ0n) is 13.1. The van der Waals surface area contributed by atoms with Gasteiger partial charge in [-0.2, -0.15) is 0 Å². The Kier molecular flexibility index (Phi) is 6.40. The van der Waals surface area contributed by atoms with Crippen LogP contribution >= 0.6 is 27.5 Å². The monoisotopic (exact) mass is 409 g/mol. The van der Waals surface area contributed by atoms with Crippen molar-refractivity contribution in [1.82, 2.24) is 0 Å². The number of amides is 1. The fourth-order valence-electron chi connectivity index (χ4n) is 2.32. The molecule has 1 atom stereocenters. The molecule has 0 unspecified atom stereocenters. The van der Waals surface area contributed by atoms with Gasteiger partial charge < -0.3 is 10.4 Å². The van der Waals surface area contributed by atoms with Crippen LogP contribution in [0.3, 0.4) is 0 Å². The molecule has 0 aromatic heterocycles. The lowest BCUT2D eigenvalue weighted by atomic mass is 9.96. The second kappa shape index (κ2) is 8.31. The van der Waals surface area contributed by atoms with Gasteiger partial charge in [0.1, 0.15) is 0 Å². The molecule has 0 bridgehead atoms. The minimum atomic E-state index is -0.990. The van der Waals surface area contributed by atoms with Crippen LogP contribution in [0.5, 0.6) is 0 Å². The van der Waals surface area contributed by atoms with E-state index in [2.05, 4.69) is 21.2 Å². The zero-order valence-corrected chi connectivity index (χ0v) is 15.4. The molecule has 0 fully saturated rings. The molecule has 1 amide bonds. The average molecular weight is 411 g/mol.